The van der Waals surface area contributed by atoms with Crippen LogP contribution in [0, 0.1) is 0 Å². The minimum atomic E-state index is -2.50. The lowest BCUT2D eigenvalue weighted by Gasteiger charge is -2.25. The van der Waals surface area contributed by atoms with Gasteiger partial charge in [-0.3, -0.25) is 4.52 Å². The molecule has 0 fully saturated rings. The summed E-state index contributed by atoms with van der Waals surface area (Å²) in [5.74, 6) is -0.128. The lowest BCUT2D eigenvalue weighted by Crippen LogP contribution is -2.34. The Morgan fingerprint density at radius 2 is 1.12 bits per heavy atom. The van der Waals surface area contributed by atoms with Crippen LogP contribution in [-0.2, 0) is 9.32 Å². The molecule has 3 heteroatoms. The predicted octanol–water partition coefficient (Wildman–Crippen LogP) is 4.63. The van der Waals surface area contributed by atoms with E-state index in [2.05, 4.69) is 43.3 Å². The van der Waals surface area contributed by atoms with Gasteiger partial charge in [-0.2, -0.15) is 0 Å². The molecule has 132 valence electrons. The molecule has 0 N–H and O–H groups in total. The van der Waals surface area contributed by atoms with Crippen molar-refractivity contribution in [2.75, 3.05) is 0 Å². The highest BCUT2D eigenvalue weighted by Crippen LogP contribution is 2.56. The maximum Gasteiger partial charge on any atom is 0.351 e. The highest BCUT2D eigenvalue weighted by atomic mass is 31.2. The molecule has 0 unspecified atom stereocenters. The molecule has 26 heavy (non-hydrogen) atoms. The zero-order valence-electron chi connectivity index (χ0n) is 15.0. The first-order valence-corrected chi connectivity index (χ1v) is 10.8. The molecule has 0 aliphatic rings. The van der Waals surface area contributed by atoms with E-state index in [4.69, 9.17) is 4.52 Å². The van der Waals surface area contributed by atoms with Crippen LogP contribution >= 0.6 is 7.49 Å². The van der Waals surface area contributed by atoms with Crippen LogP contribution in [0.25, 0.3) is 0 Å². The molecule has 3 aromatic carbocycles. The van der Waals surface area contributed by atoms with E-state index in [1.807, 2.05) is 54.6 Å². The Morgan fingerprint density at radius 3 is 1.46 bits per heavy atom. The normalized spacial score (nSPS) is 11.1. The summed E-state index contributed by atoms with van der Waals surface area (Å²) in [7, 11) is -2.50. The number of carbonyl (C=O) groups excluding carboxylic acids is 1. The number of rotatable bonds is 7. The molecule has 0 heterocycles. The molecule has 2 nitrogen and oxygen atoms in total. The first-order chi connectivity index (χ1) is 12.8. The molecule has 3 aromatic rings. The molecule has 0 aromatic heterocycles. The van der Waals surface area contributed by atoms with Crippen molar-refractivity contribution >= 4 is 29.4 Å². The SMILES string of the molecule is CCCCC(=O)O[P+](c1ccccc1)(c1ccccc1)c1ccccc1. The second-order valence-corrected chi connectivity index (χ2v) is 9.13. The third-order valence-electron chi connectivity index (χ3n) is 4.33. The van der Waals surface area contributed by atoms with Gasteiger partial charge in [-0.25, -0.2) is 4.79 Å². The topological polar surface area (TPSA) is 26.3 Å². The first-order valence-electron chi connectivity index (χ1n) is 9.05. The van der Waals surface area contributed by atoms with Crippen molar-refractivity contribution < 1.29 is 9.32 Å². The van der Waals surface area contributed by atoms with Crippen molar-refractivity contribution in [1.82, 2.24) is 0 Å². The molecule has 0 atom stereocenters. The molecule has 0 radical (unpaired) electrons. The Balaban J connectivity index is 2.19. The third-order valence-corrected chi connectivity index (χ3v) is 7.89. The molecule has 3 rings (SSSR count). The van der Waals surface area contributed by atoms with E-state index >= 15 is 0 Å². The van der Waals surface area contributed by atoms with Crippen molar-refractivity contribution in [3.05, 3.63) is 91.0 Å². The number of benzene rings is 3. The first kappa shape index (κ1) is 18.4. The van der Waals surface area contributed by atoms with Crippen molar-refractivity contribution in [1.29, 1.82) is 0 Å². The van der Waals surface area contributed by atoms with Gasteiger partial charge in [0.15, 0.2) is 0 Å². The molecule has 0 amide bonds. The summed E-state index contributed by atoms with van der Waals surface area (Å²) in [6.07, 6.45) is 2.27. The predicted molar refractivity (Wildman–Crippen MR) is 111 cm³/mol. The van der Waals surface area contributed by atoms with Crippen LogP contribution in [0.5, 0.6) is 0 Å². The fraction of sp³-hybridized carbons (Fsp3) is 0.174. The van der Waals surface area contributed by atoms with Crippen molar-refractivity contribution in [3.8, 4) is 0 Å². The van der Waals surface area contributed by atoms with E-state index in [1.165, 1.54) is 0 Å². The third kappa shape index (κ3) is 3.86. The van der Waals surface area contributed by atoms with Gasteiger partial charge in [0.1, 0.15) is 15.9 Å². The van der Waals surface area contributed by atoms with Crippen molar-refractivity contribution in [2.24, 2.45) is 0 Å². The van der Waals surface area contributed by atoms with Gasteiger partial charge < -0.3 is 0 Å². The Kier molecular flexibility index (Phi) is 6.20. The van der Waals surface area contributed by atoms with E-state index in [0.29, 0.717) is 6.42 Å². The maximum absolute atomic E-state index is 12.7. The number of hydrogen-bond donors (Lipinski definition) is 0. The van der Waals surface area contributed by atoms with Crippen LogP contribution in [0.4, 0.5) is 0 Å². The fourth-order valence-corrected chi connectivity index (χ4v) is 6.42. The second-order valence-electron chi connectivity index (χ2n) is 6.18. The zero-order chi connectivity index (χ0) is 18.2. The van der Waals surface area contributed by atoms with Gasteiger partial charge in [-0.15, -0.1) is 0 Å². The van der Waals surface area contributed by atoms with Crippen LogP contribution in [0.2, 0.25) is 0 Å². The minimum Gasteiger partial charge on any atom is -0.297 e. The molecule has 0 bridgehead atoms. The Labute approximate surface area is 156 Å². The van der Waals surface area contributed by atoms with E-state index < -0.39 is 7.49 Å². The van der Waals surface area contributed by atoms with Gasteiger partial charge >= 0.3 is 5.97 Å². The molecular formula is C23H24O2P+. The summed E-state index contributed by atoms with van der Waals surface area (Å²) in [5.41, 5.74) is 0. The standard InChI is InChI=1S/C23H24O2P/c1-2-3-19-23(24)25-26(20-13-7-4-8-14-20,21-15-9-5-10-16-21)22-17-11-6-12-18-22/h4-18H,2-3,19H2,1H3/q+1. The summed E-state index contributed by atoms with van der Waals surface area (Å²) in [5, 5.41) is 3.17. The highest BCUT2D eigenvalue weighted by Gasteiger charge is 2.50. The van der Waals surface area contributed by atoms with Gasteiger partial charge in [-0.1, -0.05) is 67.9 Å². The smallest absolute Gasteiger partial charge is 0.297 e. The van der Waals surface area contributed by atoms with Gasteiger partial charge in [0.25, 0.3) is 7.49 Å². The van der Waals surface area contributed by atoms with Crippen LogP contribution in [0.1, 0.15) is 26.2 Å². The largest absolute Gasteiger partial charge is 0.351 e. The van der Waals surface area contributed by atoms with Crippen molar-refractivity contribution in [3.63, 3.8) is 0 Å². The van der Waals surface area contributed by atoms with Crippen LogP contribution in [0.15, 0.2) is 91.0 Å². The maximum atomic E-state index is 12.7. The average molecular weight is 363 g/mol. The van der Waals surface area contributed by atoms with E-state index in [9.17, 15) is 4.79 Å². The molecule has 0 saturated heterocycles. The number of hydrogen-bond acceptors (Lipinski definition) is 2. The number of carbonyl (C=O) groups is 1. The van der Waals surface area contributed by atoms with Crippen LogP contribution in [-0.4, -0.2) is 5.97 Å². The van der Waals surface area contributed by atoms with Crippen LogP contribution < -0.4 is 15.9 Å². The molecule has 0 aliphatic heterocycles. The average Bonchev–Trinajstić information content (AvgIpc) is 2.72. The van der Waals surface area contributed by atoms with Gasteiger partial charge in [0.2, 0.25) is 0 Å². The lowest BCUT2D eigenvalue weighted by molar-refractivity contribution is -0.133. The van der Waals surface area contributed by atoms with Gasteiger partial charge in [-0.05, 0) is 42.8 Å². The highest BCUT2D eigenvalue weighted by molar-refractivity contribution is 7.92. The Morgan fingerprint density at radius 1 is 0.731 bits per heavy atom. The zero-order valence-corrected chi connectivity index (χ0v) is 15.9. The van der Waals surface area contributed by atoms with Gasteiger partial charge in [0.05, 0.1) is 6.42 Å². The quantitative estimate of drug-likeness (QED) is 0.572. The minimum absolute atomic E-state index is 0.128. The fourth-order valence-electron chi connectivity index (χ4n) is 3.04. The summed E-state index contributed by atoms with van der Waals surface area (Å²) in [6.45, 7) is 2.08. The molecular weight excluding hydrogens is 339 g/mol. The monoisotopic (exact) mass is 363 g/mol. The van der Waals surface area contributed by atoms with E-state index in [-0.39, 0.29) is 5.97 Å². The summed E-state index contributed by atoms with van der Waals surface area (Å²) >= 11 is 0. The Hall–Kier alpha value is -2.44. The van der Waals surface area contributed by atoms with E-state index in [1.54, 1.807) is 0 Å². The summed E-state index contributed by atoms with van der Waals surface area (Å²) < 4.78 is 6.37. The lowest BCUT2D eigenvalue weighted by atomic mass is 10.3. The molecule has 0 spiro atoms. The van der Waals surface area contributed by atoms with E-state index in [0.717, 1.165) is 28.8 Å². The molecule has 0 aliphatic carbocycles. The van der Waals surface area contributed by atoms with Crippen molar-refractivity contribution in [2.45, 2.75) is 26.2 Å². The van der Waals surface area contributed by atoms with Crippen LogP contribution in [0.3, 0.4) is 0 Å². The molecule has 0 saturated carbocycles. The summed E-state index contributed by atoms with van der Waals surface area (Å²) in [6, 6.07) is 30.5. The number of unbranched alkanes of at least 4 members (excludes halogenated alkanes) is 1. The second kappa shape index (κ2) is 8.78. The van der Waals surface area contributed by atoms with Gasteiger partial charge in [0, 0.05) is 0 Å². The Bertz CT molecular complexity index is 720. The summed E-state index contributed by atoms with van der Waals surface area (Å²) in [4.78, 5) is 12.7.